The summed E-state index contributed by atoms with van der Waals surface area (Å²) < 4.78 is 29.1. The third-order valence-corrected chi connectivity index (χ3v) is 3.40. The molecule has 2 rings (SSSR count). The number of halogens is 2. The molecule has 0 spiro atoms. The van der Waals surface area contributed by atoms with Crippen LogP contribution in [0.15, 0.2) is 29.6 Å². The van der Waals surface area contributed by atoms with E-state index >= 15 is 0 Å². The predicted octanol–water partition coefficient (Wildman–Crippen LogP) is 4.12. The molecule has 0 bridgehead atoms. The van der Waals surface area contributed by atoms with Gasteiger partial charge in [-0.15, -0.1) is 11.3 Å². The van der Waals surface area contributed by atoms with Gasteiger partial charge in [0.25, 0.3) is 0 Å². The Morgan fingerprint density at radius 1 is 1.45 bits per heavy atom. The van der Waals surface area contributed by atoms with Gasteiger partial charge < -0.3 is 4.74 Å². The lowest BCUT2D eigenvalue weighted by Crippen LogP contribution is -2.03. The van der Waals surface area contributed by atoms with Gasteiger partial charge in [0.05, 0.1) is 5.57 Å². The van der Waals surface area contributed by atoms with Crippen LogP contribution in [0.1, 0.15) is 16.3 Å². The maximum absolute atomic E-state index is 12.3. The monoisotopic (exact) mass is 292 g/mol. The lowest BCUT2D eigenvalue weighted by molar-refractivity contribution is -0.0499. The lowest BCUT2D eigenvalue weighted by atomic mass is 10.1. The van der Waals surface area contributed by atoms with Crippen LogP contribution in [0, 0.1) is 18.3 Å². The van der Waals surface area contributed by atoms with Crippen molar-refractivity contribution in [2.45, 2.75) is 13.5 Å². The average molecular weight is 292 g/mol. The number of thiazole rings is 1. The van der Waals surface area contributed by atoms with Crippen molar-refractivity contribution in [3.8, 4) is 11.8 Å². The van der Waals surface area contributed by atoms with Crippen LogP contribution in [-0.2, 0) is 0 Å². The summed E-state index contributed by atoms with van der Waals surface area (Å²) in [5, 5.41) is 11.6. The molecular formula is C14H10F2N2OS. The number of aryl methyl sites for hydroxylation is 1. The van der Waals surface area contributed by atoms with E-state index in [-0.39, 0.29) is 5.75 Å². The molecule has 0 unspecified atom stereocenters. The summed E-state index contributed by atoms with van der Waals surface area (Å²) in [4.78, 5) is 4.21. The summed E-state index contributed by atoms with van der Waals surface area (Å²) in [6.45, 7) is -1.08. The first-order valence-electron chi connectivity index (χ1n) is 5.68. The van der Waals surface area contributed by atoms with Crippen molar-refractivity contribution < 1.29 is 13.5 Å². The van der Waals surface area contributed by atoms with Crippen LogP contribution in [0.4, 0.5) is 8.78 Å². The van der Waals surface area contributed by atoms with E-state index in [1.165, 1.54) is 23.5 Å². The van der Waals surface area contributed by atoms with E-state index in [1.807, 2.05) is 18.4 Å². The van der Waals surface area contributed by atoms with Gasteiger partial charge in [0, 0.05) is 16.6 Å². The van der Waals surface area contributed by atoms with Gasteiger partial charge in [-0.05, 0) is 19.1 Å². The molecule has 102 valence electrons. The highest BCUT2D eigenvalue weighted by Gasteiger charge is 2.10. The first-order valence-corrected chi connectivity index (χ1v) is 6.56. The molecule has 6 heteroatoms. The number of rotatable bonds is 4. The largest absolute Gasteiger partial charge is 0.434 e. The topological polar surface area (TPSA) is 45.9 Å². The number of hydrogen-bond acceptors (Lipinski definition) is 4. The number of aromatic nitrogens is 1. The second-order valence-electron chi connectivity index (χ2n) is 3.88. The molecule has 0 N–H and O–H groups in total. The summed E-state index contributed by atoms with van der Waals surface area (Å²) >= 11 is 1.33. The van der Waals surface area contributed by atoms with Gasteiger partial charge in [0.2, 0.25) is 0 Å². The summed E-state index contributed by atoms with van der Waals surface area (Å²) in [5.41, 5.74) is 1.54. The van der Waals surface area contributed by atoms with Crippen molar-refractivity contribution in [1.29, 1.82) is 5.26 Å². The first kappa shape index (κ1) is 14.2. The van der Waals surface area contributed by atoms with Crippen molar-refractivity contribution in [3.63, 3.8) is 0 Å². The Bertz CT molecular complexity index is 674. The van der Waals surface area contributed by atoms with Crippen LogP contribution in [0.2, 0.25) is 0 Å². The third kappa shape index (κ3) is 3.39. The Morgan fingerprint density at radius 3 is 2.80 bits per heavy atom. The zero-order valence-electron chi connectivity index (χ0n) is 10.5. The zero-order chi connectivity index (χ0) is 14.5. The Hall–Kier alpha value is -2.26. The average Bonchev–Trinajstić information content (AvgIpc) is 2.83. The van der Waals surface area contributed by atoms with Crippen LogP contribution >= 0.6 is 11.3 Å². The third-order valence-electron chi connectivity index (χ3n) is 2.40. The smallest absolute Gasteiger partial charge is 0.387 e. The van der Waals surface area contributed by atoms with Crippen molar-refractivity contribution in [2.24, 2.45) is 0 Å². The Labute approximate surface area is 118 Å². The standard InChI is InChI=1S/C14H10F2N2OS/c1-9-8-20-13(18-9)11(7-17)6-10-4-2-3-5-12(10)19-14(15)16/h2-6,8,14H,1H3. The maximum Gasteiger partial charge on any atom is 0.387 e. The maximum atomic E-state index is 12.3. The molecule has 1 aromatic carbocycles. The van der Waals surface area contributed by atoms with Gasteiger partial charge in [0.1, 0.15) is 16.8 Å². The minimum atomic E-state index is -2.91. The van der Waals surface area contributed by atoms with Crippen molar-refractivity contribution in [2.75, 3.05) is 0 Å². The number of benzene rings is 1. The van der Waals surface area contributed by atoms with E-state index in [2.05, 4.69) is 9.72 Å². The first-order chi connectivity index (χ1) is 9.60. The van der Waals surface area contributed by atoms with E-state index in [4.69, 9.17) is 0 Å². The molecule has 0 atom stereocenters. The van der Waals surface area contributed by atoms with Crippen molar-refractivity contribution in [3.05, 3.63) is 45.9 Å². The number of ether oxygens (including phenoxy) is 1. The molecule has 0 radical (unpaired) electrons. The molecule has 0 saturated carbocycles. The number of allylic oxidation sites excluding steroid dienone is 1. The highest BCUT2D eigenvalue weighted by atomic mass is 32.1. The fraction of sp³-hybridized carbons (Fsp3) is 0.143. The quantitative estimate of drug-likeness (QED) is 0.796. The van der Waals surface area contributed by atoms with Crippen molar-refractivity contribution >= 4 is 23.0 Å². The van der Waals surface area contributed by atoms with Crippen LogP contribution in [-0.4, -0.2) is 11.6 Å². The molecule has 1 aromatic heterocycles. The molecule has 20 heavy (non-hydrogen) atoms. The molecule has 0 fully saturated rings. The molecule has 0 saturated heterocycles. The van der Waals surface area contributed by atoms with Crippen LogP contribution in [0.5, 0.6) is 5.75 Å². The summed E-state index contributed by atoms with van der Waals surface area (Å²) in [5.74, 6) is 0.0310. The van der Waals surface area contributed by atoms with Crippen LogP contribution in [0.3, 0.4) is 0 Å². The van der Waals surface area contributed by atoms with Gasteiger partial charge in [-0.25, -0.2) is 4.98 Å². The normalized spacial score (nSPS) is 11.4. The zero-order valence-corrected chi connectivity index (χ0v) is 11.3. The minimum absolute atomic E-state index is 0.0310. The molecule has 0 aliphatic heterocycles. The van der Waals surface area contributed by atoms with Gasteiger partial charge in [-0.3, -0.25) is 0 Å². The SMILES string of the molecule is Cc1csc(C(C#N)=Cc2ccccc2OC(F)F)n1. The molecule has 0 aliphatic rings. The highest BCUT2D eigenvalue weighted by Crippen LogP contribution is 2.27. The number of para-hydroxylation sites is 1. The number of nitriles is 1. The summed E-state index contributed by atoms with van der Waals surface area (Å²) in [7, 11) is 0. The predicted molar refractivity (Wildman–Crippen MR) is 73.4 cm³/mol. The van der Waals surface area contributed by atoms with E-state index in [0.29, 0.717) is 16.1 Å². The molecule has 3 nitrogen and oxygen atoms in total. The van der Waals surface area contributed by atoms with Gasteiger partial charge >= 0.3 is 6.61 Å². The minimum Gasteiger partial charge on any atom is -0.434 e. The van der Waals surface area contributed by atoms with E-state index in [1.54, 1.807) is 18.2 Å². The van der Waals surface area contributed by atoms with Gasteiger partial charge in [0.15, 0.2) is 0 Å². The number of nitrogens with zero attached hydrogens (tertiary/aromatic N) is 2. The van der Waals surface area contributed by atoms with Crippen molar-refractivity contribution in [1.82, 2.24) is 4.98 Å². The number of hydrogen-bond donors (Lipinski definition) is 0. The Morgan fingerprint density at radius 2 is 2.20 bits per heavy atom. The fourth-order valence-electron chi connectivity index (χ4n) is 1.58. The summed E-state index contributed by atoms with van der Waals surface area (Å²) in [6, 6.07) is 8.34. The van der Waals surface area contributed by atoms with E-state index in [0.717, 1.165) is 5.69 Å². The van der Waals surface area contributed by atoms with Crippen LogP contribution < -0.4 is 4.74 Å². The molecule has 0 amide bonds. The second kappa shape index (κ2) is 6.26. The molecule has 2 aromatic rings. The number of alkyl halides is 2. The second-order valence-corrected chi connectivity index (χ2v) is 4.74. The van der Waals surface area contributed by atoms with Gasteiger partial charge in [-0.2, -0.15) is 14.0 Å². The van der Waals surface area contributed by atoms with E-state index < -0.39 is 6.61 Å². The molecule has 1 heterocycles. The highest BCUT2D eigenvalue weighted by molar-refractivity contribution is 7.11. The molecule has 0 aliphatic carbocycles. The molecular weight excluding hydrogens is 282 g/mol. The Kier molecular flexibility index (Phi) is 4.43. The Balaban J connectivity index is 2.40. The fourth-order valence-corrected chi connectivity index (χ4v) is 2.34. The van der Waals surface area contributed by atoms with E-state index in [9.17, 15) is 14.0 Å². The van der Waals surface area contributed by atoms with Crippen LogP contribution in [0.25, 0.3) is 11.6 Å². The summed E-state index contributed by atoms with van der Waals surface area (Å²) in [6.07, 6.45) is 1.50. The van der Waals surface area contributed by atoms with Gasteiger partial charge in [-0.1, -0.05) is 18.2 Å². The lowest BCUT2D eigenvalue weighted by Gasteiger charge is -2.07.